The third-order valence-corrected chi connectivity index (χ3v) is 20.3. The molecule has 2 rings (SSSR count). The first-order valence-corrected chi connectivity index (χ1v) is 34.8. The molecule has 0 unspecified atom stereocenters. The molecule has 0 bridgehead atoms. The quantitative estimate of drug-likeness (QED) is 0.0488. The van der Waals surface area contributed by atoms with E-state index in [4.69, 9.17) is 13.6 Å². The molecule has 0 radical (unpaired) electrons. The summed E-state index contributed by atoms with van der Waals surface area (Å²) in [5.74, 6) is 0. The Balaban J connectivity index is 1.99. The van der Waals surface area contributed by atoms with Crippen LogP contribution in [0.1, 0.15) is 341 Å². The van der Waals surface area contributed by atoms with E-state index in [1.807, 2.05) is 0 Å². The molecule has 0 heterocycles. The third-order valence-electron chi connectivity index (χ3n) is 16.0. The second kappa shape index (κ2) is 49.3. The number of hydrogen-bond donors (Lipinski definition) is 0. The van der Waals surface area contributed by atoms with Gasteiger partial charge in [0.1, 0.15) is 0 Å². The van der Waals surface area contributed by atoms with Crippen LogP contribution in [0.5, 0.6) is 0 Å². The fourth-order valence-corrected chi connectivity index (χ4v) is 15.2. The maximum absolute atomic E-state index is 7.53. The zero-order valence-corrected chi connectivity index (χ0v) is 50.0. The molecule has 3 nitrogen and oxygen atoms in total. The number of aryl methyl sites for hydroxylation is 1. The summed E-state index contributed by atoms with van der Waals surface area (Å²) in [4.78, 5) is 0. The van der Waals surface area contributed by atoms with Crippen LogP contribution in [0.3, 0.4) is 0 Å². The van der Waals surface area contributed by atoms with Crippen LogP contribution in [-0.2, 0) is 20.0 Å². The van der Waals surface area contributed by atoms with Gasteiger partial charge >= 0.3 is 317 Å². The second-order valence-electron chi connectivity index (χ2n) is 22.6. The minimum absolute atomic E-state index is 0.665. The molecule has 0 saturated carbocycles. The van der Waals surface area contributed by atoms with E-state index in [-0.39, 0.29) is 0 Å². The van der Waals surface area contributed by atoms with Crippen LogP contribution in [0.2, 0.25) is 0 Å². The van der Waals surface area contributed by atoms with E-state index in [9.17, 15) is 0 Å². The van der Waals surface area contributed by atoms with Gasteiger partial charge in [-0.2, -0.15) is 0 Å². The first kappa shape index (κ1) is 66.9. The molecule has 72 heavy (non-hydrogen) atoms. The van der Waals surface area contributed by atoms with Crippen molar-refractivity contribution >= 4 is 17.9 Å². The topological polar surface area (TPSA) is 27.7 Å². The van der Waals surface area contributed by atoms with Gasteiger partial charge in [-0.3, -0.25) is 0 Å². The van der Waals surface area contributed by atoms with Crippen molar-refractivity contribution in [3.8, 4) is 0 Å². The molecule has 0 aliphatic heterocycles. The molecule has 0 aliphatic rings. The monoisotopic (exact) mass is 1020 g/mol. The zero-order chi connectivity index (χ0) is 51.4. The molecule has 0 amide bonds. The van der Waals surface area contributed by atoms with Gasteiger partial charge in [-0.25, -0.2) is 0 Å². The number of hydrogen-bond acceptors (Lipinski definition) is 3. The Hall–Kier alpha value is -1.25. The molecule has 0 atom stereocenters. The maximum atomic E-state index is 7.53. The SMILES string of the molecule is CCCCCCCCCCCCCCCCCCOP(OCCCCCCCCCCCCCCCCCC)(OCCCCCCCCCCCCCCCCCC)(c1ccccc1)c1ccc(CC)cc1. The van der Waals surface area contributed by atoms with Crippen LogP contribution in [0.4, 0.5) is 0 Å². The Kier molecular flexibility index (Phi) is 45.8. The summed E-state index contributed by atoms with van der Waals surface area (Å²) in [7, 11) is -3.99. The molecular formula is C68H125O3P. The zero-order valence-electron chi connectivity index (χ0n) is 49.1. The molecule has 2 aromatic carbocycles. The van der Waals surface area contributed by atoms with Crippen LogP contribution >= 0.6 is 7.28 Å². The summed E-state index contributed by atoms with van der Waals surface area (Å²) in [6, 6.07) is 20.2. The van der Waals surface area contributed by atoms with Gasteiger partial charge in [0, 0.05) is 0 Å². The van der Waals surface area contributed by atoms with Gasteiger partial charge in [-0.15, -0.1) is 0 Å². The molecule has 420 valence electrons. The van der Waals surface area contributed by atoms with Crippen molar-refractivity contribution in [1.29, 1.82) is 0 Å². The summed E-state index contributed by atoms with van der Waals surface area (Å²) in [5.41, 5.74) is 1.34. The van der Waals surface area contributed by atoms with Gasteiger partial charge in [-0.1, -0.05) is 136 Å². The van der Waals surface area contributed by atoms with Crippen molar-refractivity contribution in [2.45, 2.75) is 342 Å². The Morgan fingerprint density at radius 1 is 0.236 bits per heavy atom. The molecule has 0 aromatic heterocycles. The molecule has 4 heteroatoms. The average molecular weight is 1020 g/mol. The predicted molar refractivity (Wildman–Crippen MR) is 325 cm³/mol. The van der Waals surface area contributed by atoms with Gasteiger partial charge in [0.25, 0.3) is 0 Å². The average Bonchev–Trinajstić information content (AvgIpc) is 3.41. The predicted octanol–water partition coefficient (Wildman–Crippen LogP) is 23.3. The van der Waals surface area contributed by atoms with Gasteiger partial charge in [-0.05, 0) is 0 Å². The van der Waals surface area contributed by atoms with Crippen LogP contribution in [-0.4, -0.2) is 19.8 Å². The van der Waals surface area contributed by atoms with E-state index in [0.29, 0.717) is 19.8 Å². The van der Waals surface area contributed by atoms with Crippen molar-refractivity contribution in [1.82, 2.24) is 0 Å². The fraction of sp³-hybridized carbons (Fsp3) is 0.824. The van der Waals surface area contributed by atoms with Gasteiger partial charge in [0.2, 0.25) is 0 Å². The van der Waals surface area contributed by atoms with Crippen molar-refractivity contribution in [3.05, 3.63) is 60.2 Å². The molecular weight excluding hydrogens is 896 g/mol. The number of benzene rings is 2. The summed E-state index contributed by atoms with van der Waals surface area (Å²) in [5, 5.41) is 2.20. The van der Waals surface area contributed by atoms with E-state index in [1.54, 1.807) is 0 Å². The first-order valence-electron chi connectivity index (χ1n) is 32.8. The normalized spacial score (nSPS) is 12.5. The van der Waals surface area contributed by atoms with Crippen molar-refractivity contribution in [2.75, 3.05) is 19.8 Å². The second-order valence-corrected chi connectivity index (χ2v) is 26.2. The summed E-state index contributed by atoms with van der Waals surface area (Å²) < 4.78 is 22.6. The molecule has 0 spiro atoms. The van der Waals surface area contributed by atoms with Gasteiger partial charge in [0.05, 0.1) is 0 Å². The summed E-state index contributed by atoms with van der Waals surface area (Å²) in [6.07, 6.45) is 66.6. The van der Waals surface area contributed by atoms with E-state index in [1.165, 1.54) is 295 Å². The molecule has 0 aliphatic carbocycles. The van der Waals surface area contributed by atoms with Crippen molar-refractivity contribution in [2.24, 2.45) is 0 Å². The summed E-state index contributed by atoms with van der Waals surface area (Å²) in [6.45, 7) is 11.2. The Morgan fingerprint density at radius 2 is 0.444 bits per heavy atom. The Labute approximate surface area is 451 Å². The van der Waals surface area contributed by atoms with Crippen LogP contribution in [0, 0.1) is 0 Å². The van der Waals surface area contributed by atoms with Crippen molar-refractivity contribution < 1.29 is 13.6 Å². The minimum atomic E-state index is -3.99. The van der Waals surface area contributed by atoms with Crippen LogP contribution in [0.25, 0.3) is 0 Å². The van der Waals surface area contributed by atoms with E-state index in [2.05, 4.69) is 82.3 Å². The molecule has 2 aromatic rings. The van der Waals surface area contributed by atoms with E-state index in [0.717, 1.165) is 36.3 Å². The Bertz CT molecular complexity index is 1280. The van der Waals surface area contributed by atoms with Gasteiger partial charge < -0.3 is 0 Å². The number of rotatable bonds is 57. The fourth-order valence-electron chi connectivity index (χ4n) is 11.0. The first-order chi connectivity index (χ1) is 35.7. The van der Waals surface area contributed by atoms with Crippen molar-refractivity contribution in [3.63, 3.8) is 0 Å². The third kappa shape index (κ3) is 33.0. The van der Waals surface area contributed by atoms with Crippen LogP contribution in [0.15, 0.2) is 54.6 Å². The Morgan fingerprint density at radius 3 is 0.667 bits per heavy atom. The van der Waals surface area contributed by atoms with E-state index >= 15 is 0 Å². The van der Waals surface area contributed by atoms with Crippen LogP contribution < -0.4 is 10.6 Å². The van der Waals surface area contributed by atoms with Gasteiger partial charge in [0.15, 0.2) is 0 Å². The molecule has 0 fully saturated rings. The summed E-state index contributed by atoms with van der Waals surface area (Å²) >= 11 is 0. The number of unbranched alkanes of at least 4 members (excludes halogenated alkanes) is 45. The van der Waals surface area contributed by atoms with E-state index < -0.39 is 7.28 Å². The molecule has 0 saturated heterocycles. The molecule has 0 N–H and O–H groups in total. The standard InChI is InChI=1S/C68H125O3P/c1-5-9-12-15-18-21-24-27-30-33-36-39-42-45-48-54-63-69-72(67-57-52-51-53-58-67,68-61-59-66(8-4)60-62-68,70-64-55-49-46-43-40-37-34-31-28-25-22-19-16-13-10-6-2)71-65-56-50-47-44-41-38-35-32-29-26-23-20-17-14-11-7-3/h51-53,57-62H,5-50,54-56,63-65H2,1-4H3.